The Labute approximate surface area is 159 Å². The summed E-state index contributed by atoms with van der Waals surface area (Å²) in [5, 5.41) is 6.79. The maximum absolute atomic E-state index is 6.00. The van der Waals surface area contributed by atoms with Gasteiger partial charge in [-0.15, -0.1) is 24.0 Å². The zero-order chi connectivity index (χ0) is 15.6. The van der Waals surface area contributed by atoms with Crippen LogP contribution in [0.2, 0.25) is 0 Å². The lowest BCUT2D eigenvalue weighted by Gasteiger charge is -2.21. The number of likely N-dealkylation sites (N-methyl/N-ethyl adjacent to an activating group) is 1. The van der Waals surface area contributed by atoms with Gasteiger partial charge in [-0.3, -0.25) is 4.99 Å². The van der Waals surface area contributed by atoms with Gasteiger partial charge in [-0.05, 0) is 39.3 Å². The van der Waals surface area contributed by atoms with E-state index in [0.717, 1.165) is 25.7 Å². The number of ether oxygens (including phenoxy) is 1. The van der Waals surface area contributed by atoms with Crippen LogP contribution in [0.25, 0.3) is 0 Å². The van der Waals surface area contributed by atoms with Crippen molar-refractivity contribution in [2.24, 2.45) is 4.99 Å². The highest BCUT2D eigenvalue weighted by Gasteiger charge is 2.20. The number of hydrogen-bond acceptors (Lipinski definition) is 3. The summed E-state index contributed by atoms with van der Waals surface area (Å²) in [6, 6.07) is 0.640. The molecule has 1 saturated heterocycles. The molecule has 0 aromatic rings. The molecule has 6 heteroatoms. The van der Waals surface area contributed by atoms with Gasteiger partial charge in [-0.1, -0.05) is 25.7 Å². The molecule has 1 aliphatic carbocycles. The van der Waals surface area contributed by atoms with E-state index in [1.54, 1.807) is 0 Å². The zero-order valence-electron chi connectivity index (χ0n) is 14.9. The van der Waals surface area contributed by atoms with Gasteiger partial charge >= 0.3 is 0 Å². The Morgan fingerprint density at radius 3 is 2.43 bits per heavy atom. The second-order valence-corrected chi connectivity index (χ2v) is 6.64. The van der Waals surface area contributed by atoms with Crippen LogP contribution in [0, 0.1) is 0 Å². The van der Waals surface area contributed by atoms with Gasteiger partial charge in [0.1, 0.15) is 0 Å². The van der Waals surface area contributed by atoms with Crippen LogP contribution in [-0.4, -0.2) is 63.3 Å². The first kappa shape index (κ1) is 21.0. The Morgan fingerprint density at radius 1 is 1.09 bits per heavy atom. The van der Waals surface area contributed by atoms with E-state index in [-0.39, 0.29) is 24.0 Å². The quantitative estimate of drug-likeness (QED) is 0.220. The van der Waals surface area contributed by atoms with Crippen molar-refractivity contribution in [2.75, 3.05) is 40.3 Å². The van der Waals surface area contributed by atoms with Crippen LogP contribution in [-0.2, 0) is 4.74 Å². The predicted molar refractivity (Wildman–Crippen MR) is 108 cm³/mol. The molecule has 0 bridgehead atoms. The third-order valence-electron chi connectivity index (χ3n) is 4.95. The average Bonchev–Trinajstić information content (AvgIpc) is 2.77. The predicted octanol–water partition coefficient (Wildman–Crippen LogP) is 2.60. The molecule has 2 fully saturated rings. The van der Waals surface area contributed by atoms with Crippen LogP contribution in [0.5, 0.6) is 0 Å². The second-order valence-electron chi connectivity index (χ2n) is 6.64. The fourth-order valence-electron chi connectivity index (χ4n) is 3.48. The fourth-order valence-corrected chi connectivity index (χ4v) is 3.48. The molecule has 1 unspecified atom stereocenters. The maximum atomic E-state index is 6.00. The Balaban J connectivity index is 0.00000264. The van der Waals surface area contributed by atoms with Crippen molar-refractivity contribution in [3.63, 3.8) is 0 Å². The van der Waals surface area contributed by atoms with E-state index in [1.165, 1.54) is 57.9 Å². The highest BCUT2D eigenvalue weighted by Crippen LogP contribution is 2.19. The number of likely N-dealkylation sites (tertiary alicyclic amines) is 1. The molecule has 2 rings (SSSR count). The molecule has 5 nitrogen and oxygen atoms in total. The monoisotopic (exact) mass is 438 g/mol. The molecular weight excluding hydrogens is 403 g/mol. The molecule has 1 saturated carbocycles. The van der Waals surface area contributed by atoms with Crippen molar-refractivity contribution < 1.29 is 4.74 Å². The van der Waals surface area contributed by atoms with E-state index in [9.17, 15) is 0 Å². The summed E-state index contributed by atoms with van der Waals surface area (Å²) in [6.07, 6.45) is 11.0. The summed E-state index contributed by atoms with van der Waals surface area (Å²) in [7, 11) is 4.04. The van der Waals surface area contributed by atoms with E-state index in [0.29, 0.717) is 12.1 Å². The largest absolute Gasteiger partial charge is 0.376 e. The number of guanidine groups is 1. The van der Waals surface area contributed by atoms with Crippen molar-refractivity contribution in [2.45, 2.75) is 63.5 Å². The number of rotatable bonds is 6. The highest BCUT2D eigenvalue weighted by atomic mass is 127. The first-order valence-corrected chi connectivity index (χ1v) is 9.06. The van der Waals surface area contributed by atoms with Gasteiger partial charge in [-0.2, -0.15) is 0 Å². The van der Waals surface area contributed by atoms with Crippen LogP contribution < -0.4 is 10.6 Å². The van der Waals surface area contributed by atoms with E-state index in [4.69, 9.17) is 4.74 Å². The lowest BCUT2D eigenvalue weighted by molar-refractivity contribution is 0.0468. The summed E-state index contributed by atoms with van der Waals surface area (Å²) in [6.45, 7) is 3.79. The summed E-state index contributed by atoms with van der Waals surface area (Å²) < 4.78 is 6.00. The average molecular weight is 438 g/mol. The molecule has 0 radical (unpaired) electrons. The number of halogens is 1. The number of aliphatic imine (C=N–C) groups is 1. The standard InChI is InChI=1S/C17H34N4O.HI/c1-18-17(20-14-15-8-7-12-21(15)2)19-11-13-22-16-9-5-3-4-6-10-16;/h15-16H,3-14H2,1-2H3,(H2,18,19,20);1H. The Morgan fingerprint density at radius 2 is 1.83 bits per heavy atom. The molecule has 136 valence electrons. The van der Waals surface area contributed by atoms with Gasteiger partial charge < -0.3 is 20.3 Å². The first-order chi connectivity index (χ1) is 10.8. The van der Waals surface area contributed by atoms with Gasteiger partial charge in [0.15, 0.2) is 5.96 Å². The molecule has 2 N–H and O–H groups in total. The number of nitrogens with zero attached hydrogens (tertiary/aromatic N) is 2. The van der Waals surface area contributed by atoms with Crippen LogP contribution in [0.15, 0.2) is 4.99 Å². The van der Waals surface area contributed by atoms with Crippen molar-refractivity contribution in [3.8, 4) is 0 Å². The smallest absolute Gasteiger partial charge is 0.191 e. The van der Waals surface area contributed by atoms with Gasteiger partial charge in [0.2, 0.25) is 0 Å². The molecule has 1 atom stereocenters. The number of nitrogens with one attached hydrogen (secondary N) is 2. The van der Waals surface area contributed by atoms with Crippen molar-refractivity contribution in [1.82, 2.24) is 15.5 Å². The lowest BCUT2D eigenvalue weighted by Crippen LogP contribution is -2.44. The minimum absolute atomic E-state index is 0. The van der Waals surface area contributed by atoms with Crippen LogP contribution in [0.4, 0.5) is 0 Å². The minimum Gasteiger partial charge on any atom is -0.376 e. The molecule has 1 aliphatic heterocycles. The van der Waals surface area contributed by atoms with Crippen LogP contribution >= 0.6 is 24.0 Å². The summed E-state index contributed by atoms with van der Waals surface area (Å²) in [4.78, 5) is 6.72. The number of hydrogen-bond donors (Lipinski definition) is 2. The van der Waals surface area contributed by atoms with Crippen molar-refractivity contribution in [3.05, 3.63) is 0 Å². The van der Waals surface area contributed by atoms with E-state index in [1.807, 2.05) is 7.05 Å². The molecular formula is C17H35IN4O. The molecule has 0 spiro atoms. The van der Waals surface area contributed by atoms with Gasteiger partial charge in [-0.25, -0.2) is 0 Å². The van der Waals surface area contributed by atoms with Gasteiger partial charge in [0, 0.05) is 26.2 Å². The van der Waals surface area contributed by atoms with Gasteiger partial charge in [0.05, 0.1) is 12.7 Å². The van der Waals surface area contributed by atoms with Gasteiger partial charge in [0.25, 0.3) is 0 Å². The zero-order valence-corrected chi connectivity index (χ0v) is 17.2. The van der Waals surface area contributed by atoms with E-state index in [2.05, 4.69) is 27.6 Å². The first-order valence-electron chi connectivity index (χ1n) is 9.06. The molecule has 2 aliphatic rings. The Kier molecular flexibility index (Phi) is 11.2. The van der Waals surface area contributed by atoms with Crippen molar-refractivity contribution in [1.29, 1.82) is 0 Å². The van der Waals surface area contributed by atoms with E-state index >= 15 is 0 Å². The maximum Gasteiger partial charge on any atom is 0.191 e. The third kappa shape index (κ3) is 8.03. The Bertz CT molecular complexity index is 333. The third-order valence-corrected chi connectivity index (χ3v) is 4.95. The summed E-state index contributed by atoms with van der Waals surface area (Å²) in [5.41, 5.74) is 0. The Hall–Kier alpha value is -0.0800. The molecule has 0 aromatic heterocycles. The summed E-state index contributed by atoms with van der Waals surface area (Å²) in [5.74, 6) is 0.893. The minimum atomic E-state index is 0. The fraction of sp³-hybridized carbons (Fsp3) is 0.941. The van der Waals surface area contributed by atoms with E-state index < -0.39 is 0 Å². The molecule has 23 heavy (non-hydrogen) atoms. The van der Waals surface area contributed by atoms with Crippen LogP contribution in [0.3, 0.4) is 0 Å². The second kappa shape index (κ2) is 12.3. The molecule has 1 heterocycles. The normalized spacial score (nSPS) is 24.1. The lowest BCUT2D eigenvalue weighted by atomic mass is 10.1. The molecule has 0 amide bonds. The topological polar surface area (TPSA) is 48.9 Å². The van der Waals surface area contributed by atoms with Crippen LogP contribution in [0.1, 0.15) is 51.4 Å². The van der Waals surface area contributed by atoms with Crippen molar-refractivity contribution >= 4 is 29.9 Å². The highest BCUT2D eigenvalue weighted by molar-refractivity contribution is 14.0. The summed E-state index contributed by atoms with van der Waals surface area (Å²) >= 11 is 0. The SMILES string of the molecule is CN=C(NCCOC1CCCCCC1)NCC1CCCN1C.I. The molecule has 0 aromatic carbocycles.